The molecule has 0 fully saturated rings. The van der Waals surface area contributed by atoms with Crippen molar-refractivity contribution in [3.05, 3.63) is 24.3 Å². The molecule has 0 rings (SSSR count). The Hall–Kier alpha value is -1.17. The summed E-state index contributed by atoms with van der Waals surface area (Å²) in [5, 5.41) is 33.5. The first kappa shape index (κ1) is 45.8. The molecule has 0 aliphatic heterocycles. The molecule has 47 heavy (non-hydrogen) atoms. The Morgan fingerprint density at radius 2 is 0.915 bits per heavy atom. The minimum absolute atomic E-state index is 0.152. The third-order valence-electron chi connectivity index (χ3n) is 9.56. The second-order valence-corrected chi connectivity index (χ2v) is 14.2. The van der Waals surface area contributed by atoms with Gasteiger partial charge in [0, 0.05) is 6.42 Å². The monoisotopic (exact) mass is 664 g/mol. The van der Waals surface area contributed by atoms with Crippen LogP contribution in [0.4, 0.5) is 0 Å². The highest BCUT2D eigenvalue weighted by atomic mass is 16.3. The predicted molar refractivity (Wildman–Crippen MR) is 204 cm³/mol. The molecule has 3 atom stereocenters. The van der Waals surface area contributed by atoms with E-state index >= 15 is 0 Å². The molecular weight excluding hydrogens is 582 g/mol. The Morgan fingerprint density at radius 3 is 1.38 bits per heavy atom. The highest BCUT2D eigenvalue weighted by molar-refractivity contribution is 5.76. The maximum atomic E-state index is 12.4. The smallest absolute Gasteiger partial charge is 0.220 e. The molecule has 5 nitrogen and oxygen atoms in total. The Labute approximate surface area is 292 Å². The fraction of sp³-hybridized carbons (Fsp3) is 0.881. The lowest BCUT2D eigenvalue weighted by molar-refractivity contribution is -0.124. The number of allylic oxidation sites excluding steroid dienone is 4. The van der Waals surface area contributed by atoms with Gasteiger partial charge >= 0.3 is 0 Å². The number of carbonyl (C=O) groups excluding carboxylic acids is 1. The molecule has 1 amide bonds. The van der Waals surface area contributed by atoms with Crippen molar-refractivity contribution in [2.45, 2.75) is 231 Å². The lowest BCUT2D eigenvalue weighted by Gasteiger charge is -2.26. The van der Waals surface area contributed by atoms with Gasteiger partial charge in [-0.15, -0.1) is 0 Å². The highest BCUT2D eigenvalue weighted by Gasteiger charge is 2.26. The maximum Gasteiger partial charge on any atom is 0.220 e. The lowest BCUT2D eigenvalue weighted by Crippen LogP contribution is -2.50. The molecule has 0 saturated heterocycles. The van der Waals surface area contributed by atoms with Gasteiger partial charge < -0.3 is 20.6 Å². The second-order valence-electron chi connectivity index (χ2n) is 14.2. The normalized spacial score (nSPS) is 13.9. The van der Waals surface area contributed by atoms with Gasteiger partial charge in [0.2, 0.25) is 5.91 Å². The SMILES string of the molecule is CCCCC/C=C\C/C=C\CCCCCCCCCC(=O)NC(CO)C(O)C(O)CCCCCCCCCCCCCCCCCC. The molecule has 3 unspecified atom stereocenters. The summed E-state index contributed by atoms with van der Waals surface area (Å²) in [4.78, 5) is 12.4. The van der Waals surface area contributed by atoms with E-state index in [2.05, 4.69) is 43.5 Å². The van der Waals surface area contributed by atoms with Crippen LogP contribution >= 0.6 is 0 Å². The van der Waals surface area contributed by atoms with E-state index in [-0.39, 0.29) is 12.5 Å². The van der Waals surface area contributed by atoms with E-state index in [9.17, 15) is 20.1 Å². The van der Waals surface area contributed by atoms with Crippen LogP contribution in [0.3, 0.4) is 0 Å². The molecule has 0 aliphatic rings. The number of aliphatic hydroxyl groups is 3. The van der Waals surface area contributed by atoms with Crippen molar-refractivity contribution in [2.24, 2.45) is 0 Å². The third-order valence-corrected chi connectivity index (χ3v) is 9.56. The number of aliphatic hydroxyl groups excluding tert-OH is 3. The molecule has 0 saturated carbocycles. The van der Waals surface area contributed by atoms with Gasteiger partial charge in [-0.3, -0.25) is 4.79 Å². The molecule has 0 bridgehead atoms. The quantitative estimate of drug-likeness (QED) is 0.0393. The first-order valence-corrected chi connectivity index (χ1v) is 20.6. The van der Waals surface area contributed by atoms with Gasteiger partial charge in [0.05, 0.1) is 18.8 Å². The van der Waals surface area contributed by atoms with E-state index in [1.54, 1.807) is 0 Å². The molecule has 0 aliphatic carbocycles. The summed E-state index contributed by atoms with van der Waals surface area (Å²) < 4.78 is 0. The van der Waals surface area contributed by atoms with Crippen molar-refractivity contribution < 1.29 is 20.1 Å². The molecule has 0 aromatic rings. The van der Waals surface area contributed by atoms with E-state index < -0.39 is 18.2 Å². The second kappa shape index (κ2) is 37.6. The lowest BCUT2D eigenvalue weighted by atomic mass is 9.99. The van der Waals surface area contributed by atoms with Crippen LogP contribution in [0.2, 0.25) is 0 Å². The number of amides is 1. The van der Waals surface area contributed by atoms with Gasteiger partial charge in [0.25, 0.3) is 0 Å². The fourth-order valence-electron chi connectivity index (χ4n) is 6.31. The molecule has 0 aromatic carbocycles. The Bertz CT molecular complexity index is 694. The van der Waals surface area contributed by atoms with Crippen LogP contribution in [0.15, 0.2) is 24.3 Å². The molecule has 278 valence electrons. The van der Waals surface area contributed by atoms with Gasteiger partial charge in [-0.1, -0.05) is 186 Å². The summed E-state index contributed by atoms with van der Waals surface area (Å²) in [5.74, 6) is -0.152. The van der Waals surface area contributed by atoms with Crippen molar-refractivity contribution in [2.75, 3.05) is 6.61 Å². The average molecular weight is 664 g/mol. The molecule has 0 heterocycles. The summed E-state index contributed by atoms with van der Waals surface area (Å²) in [7, 11) is 0. The topological polar surface area (TPSA) is 89.8 Å². The summed E-state index contributed by atoms with van der Waals surface area (Å²) in [5.41, 5.74) is 0. The number of rotatable bonds is 37. The van der Waals surface area contributed by atoms with Gasteiger partial charge in [0.1, 0.15) is 6.10 Å². The van der Waals surface area contributed by atoms with Crippen LogP contribution in [0.1, 0.15) is 213 Å². The van der Waals surface area contributed by atoms with Crippen molar-refractivity contribution in [3.8, 4) is 0 Å². The number of hydrogen-bond donors (Lipinski definition) is 4. The van der Waals surface area contributed by atoms with E-state index in [1.165, 1.54) is 135 Å². The highest BCUT2D eigenvalue weighted by Crippen LogP contribution is 2.16. The van der Waals surface area contributed by atoms with Gasteiger partial charge in [-0.05, 0) is 44.9 Å². The van der Waals surface area contributed by atoms with E-state index in [0.717, 1.165) is 51.4 Å². The van der Waals surface area contributed by atoms with Crippen LogP contribution in [-0.2, 0) is 4.79 Å². The van der Waals surface area contributed by atoms with Crippen molar-refractivity contribution >= 4 is 5.91 Å². The summed E-state index contributed by atoms with van der Waals surface area (Å²) in [6.07, 6.45) is 44.1. The third kappa shape index (κ3) is 33.1. The summed E-state index contributed by atoms with van der Waals surface area (Å²) >= 11 is 0. The molecule has 0 radical (unpaired) electrons. The van der Waals surface area contributed by atoms with Crippen molar-refractivity contribution in [3.63, 3.8) is 0 Å². The van der Waals surface area contributed by atoms with Gasteiger partial charge in [-0.2, -0.15) is 0 Å². The molecule has 0 aromatic heterocycles. The number of hydrogen-bond acceptors (Lipinski definition) is 4. The fourth-order valence-corrected chi connectivity index (χ4v) is 6.31. The van der Waals surface area contributed by atoms with Crippen molar-refractivity contribution in [1.29, 1.82) is 0 Å². The molecule has 4 N–H and O–H groups in total. The largest absolute Gasteiger partial charge is 0.394 e. The molecular formula is C42H81NO4. The van der Waals surface area contributed by atoms with Crippen LogP contribution in [0.25, 0.3) is 0 Å². The maximum absolute atomic E-state index is 12.4. The minimum Gasteiger partial charge on any atom is -0.394 e. The first-order valence-electron chi connectivity index (χ1n) is 20.6. The van der Waals surface area contributed by atoms with Crippen LogP contribution in [0, 0.1) is 0 Å². The van der Waals surface area contributed by atoms with Crippen LogP contribution < -0.4 is 5.32 Å². The van der Waals surface area contributed by atoms with Crippen molar-refractivity contribution in [1.82, 2.24) is 5.32 Å². The zero-order chi connectivity index (χ0) is 34.5. The molecule has 5 heteroatoms. The minimum atomic E-state index is -1.14. The zero-order valence-corrected chi connectivity index (χ0v) is 31.4. The summed E-state index contributed by atoms with van der Waals surface area (Å²) in [6.45, 7) is 4.15. The Kier molecular flexibility index (Phi) is 36.7. The van der Waals surface area contributed by atoms with E-state index in [4.69, 9.17) is 0 Å². The Morgan fingerprint density at radius 1 is 0.532 bits per heavy atom. The van der Waals surface area contributed by atoms with E-state index in [1.807, 2.05) is 0 Å². The predicted octanol–water partition coefficient (Wildman–Crippen LogP) is 11.4. The van der Waals surface area contributed by atoms with Gasteiger partial charge in [0.15, 0.2) is 0 Å². The number of unbranched alkanes of at least 4 members (excludes halogenated alkanes) is 25. The van der Waals surface area contributed by atoms with Crippen LogP contribution in [0.5, 0.6) is 0 Å². The number of carbonyl (C=O) groups is 1. The first-order chi connectivity index (χ1) is 23.1. The van der Waals surface area contributed by atoms with E-state index in [0.29, 0.717) is 12.8 Å². The Balaban J connectivity index is 3.66. The zero-order valence-electron chi connectivity index (χ0n) is 31.4. The standard InChI is InChI=1S/C42H81NO4/c1-3-5-7-9-11-13-15-17-19-21-23-25-27-29-31-33-35-37-41(46)43-39(38-44)42(47)40(45)36-34-32-30-28-26-24-22-20-18-16-14-12-10-8-6-4-2/h11,13,17,19,39-40,42,44-45,47H,3-10,12,14-16,18,20-38H2,1-2H3,(H,43,46)/b13-11-,19-17-. The van der Waals surface area contributed by atoms with Crippen LogP contribution in [-0.4, -0.2) is 46.1 Å². The summed E-state index contributed by atoms with van der Waals surface area (Å²) in [6, 6.07) is -0.811. The van der Waals surface area contributed by atoms with Gasteiger partial charge in [-0.25, -0.2) is 0 Å². The number of nitrogens with one attached hydrogen (secondary N) is 1. The average Bonchev–Trinajstić information content (AvgIpc) is 3.07. The molecule has 0 spiro atoms.